The summed E-state index contributed by atoms with van der Waals surface area (Å²) >= 11 is 0. The molecule has 0 unspecified atom stereocenters. The zero-order valence-corrected chi connectivity index (χ0v) is 15.4. The second-order valence-electron chi connectivity index (χ2n) is 6.12. The topological polar surface area (TPSA) is 54.5 Å². The Bertz CT molecular complexity index is 986. The monoisotopic (exact) mass is 359 g/mol. The number of hydrogen-bond acceptors (Lipinski definition) is 4. The van der Waals surface area contributed by atoms with Crippen molar-refractivity contribution in [2.45, 2.75) is 0 Å². The summed E-state index contributed by atoms with van der Waals surface area (Å²) in [6, 6.07) is 17.1. The summed E-state index contributed by atoms with van der Waals surface area (Å²) < 4.78 is 5.61. The highest BCUT2D eigenvalue weighted by atomic mass is 16.5. The van der Waals surface area contributed by atoms with E-state index in [0.717, 1.165) is 22.3 Å². The van der Waals surface area contributed by atoms with Gasteiger partial charge in [-0.2, -0.15) is 0 Å². The molecule has 5 heteroatoms. The van der Waals surface area contributed by atoms with Gasteiger partial charge < -0.3 is 15.0 Å². The fraction of sp³-hybridized carbons (Fsp3) is 0.182. The molecule has 27 heavy (non-hydrogen) atoms. The number of fused-ring (bicyclic) bond motifs is 1. The molecule has 0 aliphatic heterocycles. The molecule has 0 saturated heterocycles. The summed E-state index contributed by atoms with van der Waals surface area (Å²) in [6.45, 7) is 0.530. The van der Waals surface area contributed by atoms with Crippen LogP contribution in [0.3, 0.4) is 0 Å². The fourth-order valence-corrected chi connectivity index (χ4v) is 2.51. The first-order valence-electron chi connectivity index (χ1n) is 8.62. The van der Waals surface area contributed by atoms with Gasteiger partial charge in [-0.1, -0.05) is 17.9 Å². The van der Waals surface area contributed by atoms with Gasteiger partial charge in [-0.3, -0.25) is 9.78 Å². The minimum atomic E-state index is -0.142. The van der Waals surface area contributed by atoms with Gasteiger partial charge in [-0.15, -0.1) is 0 Å². The van der Waals surface area contributed by atoms with Crippen molar-refractivity contribution in [3.05, 3.63) is 66.4 Å². The van der Waals surface area contributed by atoms with Crippen molar-refractivity contribution in [2.24, 2.45) is 0 Å². The van der Waals surface area contributed by atoms with Gasteiger partial charge in [-0.05, 0) is 42.5 Å². The summed E-state index contributed by atoms with van der Waals surface area (Å²) in [5.74, 6) is 6.37. The van der Waals surface area contributed by atoms with Gasteiger partial charge in [-0.25, -0.2) is 0 Å². The Labute approximate surface area is 159 Å². The van der Waals surface area contributed by atoms with Crippen LogP contribution in [0, 0.1) is 11.8 Å². The Kier molecular flexibility index (Phi) is 5.91. The third-order valence-electron chi connectivity index (χ3n) is 4.00. The highest BCUT2D eigenvalue weighted by Crippen LogP contribution is 2.18. The van der Waals surface area contributed by atoms with Crippen molar-refractivity contribution in [1.82, 2.24) is 10.3 Å². The lowest BCUT2D eigenvalue weighted by Crippen LogP contribution is -2.23. The van der Waals surface area contributed by atoms with Crippen LogP contribution in [-0.4, -0.2) is 38.1 Å². The first-order valence-corrected chi connectivity index (χ1v) is 8.62. The predicted molar refractivity (Wildman–Crippen MR) is 108 cm³/mol. The van der Waals surface area contributed by atoms with Crippen molar-refractivity contribution in [3.8, 4) is 17.6 Å². The van der Waals surface area contributed by atoms with E-state index in [1.165, 1.54) is 0 Å². The smallest absolute Gasteiger partial charge is 0.252 e. The molecule has 1 amide bonds. The molecule has 0 aliphatic rings. The largest absolute Gasteiger partial charge is 0.481 e. The van der Waals surface area contributed by atoms with Crippen LogP contribution in [-0.2, 0) is 0 Å². The quantitative estimate of drug-likeness (QED) is 0.711. The number of nitrogens with zero attached hydrogens (tertiary/aromatic N) is 2. The summed E-state index contributed by atoms with van der Waals surface area (Å²) in [7, 11) is 3.92. The number of rotatable bonds is 5. The van der Waals surface area contributed by atoms with E-state index >= 15 is 0 Å². The molecule has 0 fully saturated rings. The summed E-state index contributed by atoms with van der Waals surface area (Å²) in [4.78, 5) is 18.4. The van der Waals surface area contributed by atoms with Gasteiger partial charge in [0.25, 0.3) is 5.91 Å². The van der Waals surface area contributed by atoms with E-state index in [0.29, 0.717) is 5.56 Å². The molecule has 136 valence electrons. The molecule has 5 nitrogen and oxygen atoms in total. The van der Waals surface area contributed by atoms with E-state index in [9.17, 15) is 4.79 Å². The van der Waals surface area contributed by atoms with Crippen molar-refractivity contribution < 1.29 is 9.53 Å². The fourth-order valence-electron chi connectivity index (χ4n) is 2.51. The number of nitrogens with one attached hydrogen (secondary N) is 1. The van der Waals surface area contributed by atoms with E-state index in [1.807, 2.05) is 61.5 Å². The Balaban J connectivity index is 1.45. The van der Waals surface area contributed by atoms with Crippen molar-refractivity contribution in [2.75, 3.05) is 32.1 Å². The molecule has 0 radical (unpaired) electrons. The molecule has 2 aromatic carbocycles. The molecule has 0 saturated carbocycles. The number of pyridine rings is 1. The third kappa shape index (κ3) is 4.99. The van der Waals surface area contributed by atoms with Gasteiger partial charge in [0.2, 0.25) is 0 Å². The van der Waals surface area contributed by atoms with Gasteiger partial charge in [0.1, 0.15) is 12.4 Å². The third-order valence-corrected chi connectivity index (χ3v) is 4.00. The molecule has 3 aromatic rings. The Morgan fingerprint density at radius 1 is 1.11 bits per heavy atom. The molecule has 0 spiro atoms. The first kappa shape index (κ1) is 18.3. The van der Waals surface area contributed by atoms with Crippen molar-refractivity contribution >= 4 is 22.5 Å². The number of hydrogen-bond donors (Lipinski definition) is 1. The first-order chi connectivity index (χ1) is 13.1. The molecule has 0 bridgehead atoms. The molecule has 1 aromatic heterocycles. The van der Waals surface area contributed by atoms with Crippen LogP contribution in [0.15, 0.2) is 60.8 Å². The maximum absolute atomic E-state index is 12.1. The van der Waals surface area contributed by atoms with Gasteiger partial charge in [0, 0.05) is 43.0 Å². The SMILES string of the molecule is CN(C)c1ccc(C(=O)NCC#CCOc2ccc3cccnc3c2)cc1. The number of anilines is 1. The van der Waals surface area contributed by atoms with E-state index in [1.54, 1.807) is 18.3 Å². The number of carbonyl (C=O) groups excluding carboxylic acids is 1. The highest BCUT2D eigenvalue weighted by Gasteiger charge is 2.04. The standard InChI is InChI=1S/C22H21N3O2/c1-25(2)19-10-7-18(8-11-19)22(26)24-13-3-4-15-27-20-12-9-17-6-5-14-23-21(17)16-20/h5-12,14,16H,13,15H2,1-2H3,(H,24,26). The van der Waals surface area contributed by atoms with E-state index < -0.39 is 0 Å². The Hall–Kier alpha value is -3.52. The summed E-state index contributed by atoms with van der Waals surface area (Å²) in [6.07, 6.45) is 1.75. The molecule has 0 atom stereocenters. The maximum Gasteiger partial charge on any atom is 0.252 e. The zero-order valence-electron chi connectivity index (χ0n) is 15.4. The highest BCUT2D eigenvalue weighted by molar-refractivity contribution is 5.94. The Morgan fingerprint density at radius 3 is 2.70 bits per heavy atom. The van der Waals surface area contributed by atoms with Crippen LogP contribution in [0.2, 0.25) is 0 Å². The number of aromatic nitrogens is 1. The molecular formula is C22H21N3O2. The van der Waals surface area contributed by atoms with Gasteiger partial charge in [0.05, 0.1) is 12.1 Å². The molecule has 1 heterocycles. The molecule has 0 aliphatic carbocycles. The van der Waals surface area contributed by atoms with E-state index in [4.69, 9.17) is 4.74 Å². The summed E-state index contributed by atoms with van der Waals surface area (Å²) in [5.41, 5.74) is 2.55. The van der Waals surface area contributed by atoms with Crippen molar-refractivity contribution in [1.29, 1.82) is 0 Å². The van der Waals surface area contributed by atoms with Crippen LogP contribution >= 0.6 is 0 Å². The van der Waals surface area contributed by atoms with Crippen LogP contribution < -0.4 is 15.0 Å². The normalized spacial score (nSPS) is 10.0. The number of ether oxygens (including phenoxy) is 1. The van der Waals surface area contributed by atoms with Crippen LogP contribution in [0.5, 0.6) is 5.75 Å². The lowest BCUT2D eigenvalue weighted by Gasteiger charge is -2.12. The minimum absolute atomic E-state index is 0.142. The molecule has 1 N–H and O–H groups in total. The Morgan fingerprint density at radius 2 is 1.93 bits per heavy atom. The molecular weight excluding hydrogens is 338 g/mol. The predicted octanol–water partition coefficient (Wildman–Crippen LogP) is 3.11. The molecule has 3 rings (SSSR count). The second kappa shape index (κ2) is 8.72. The van der Waals surface area contributed by atoms with Gasteiger partial charge >= 0.3 is 0 Å². The number of amides is 1. The number of benzene rings is 2. The minimum Gasteiger partial charge on any atom is -0.481 e. The maximum atomic E-state index is 12.1. The second-order valence-corrected chi connectivity index (χ2v) is 6.12. The van der Waals surface area contributed by atoms with E-state index in [-0.39, 0.29) is 19.1 Å². The van der Waals surface area contributed by atoms with Gasteiger partial charge in [0.15, 0.2) is 0 Å². The lowest BCUT2D eigenvalue weighted by molar-refractivity contribution is 0.0958. The van der Waals surface area contributed by atoms with Crippen molar-refractivity contribution in [3.63, 3.8) is 0 Å². The lowest BCUT2D eigenvalue weighted by atomic mass is 10.2. The zero-order chi connectivity index (χ0) is 19.1. The average molecular weight is 359 g/mol. The van der Waals surface area contributed by atoms with Crippen LogP contribution in [0.25, 0.3) is 10.9 Å². The van der Waals surface area contributed by atoms with Crippen LogP contribution in [0.4, 0.5) is 5.69 Å². The summed E-state index contributed by atoms with van der Waals surface area (Å²) in [5, 5.41) is 3.85. The van der Waals surface area contributed by atoms with Crippen LogP contribution in [0.1, 0.15) is 10.4 Å². The number of carbonyl (C=O) groups is 1. The van der Waals surface area contributed by atoms with E-state index in [2.05, 4.69) is 22.1 Å². The average Bonchev–Trinajstić information content (AvgIpc) is 2.70.